The Balaban J connectivity index is 1.10. The third-order valence-electron chi connectivity index (χ3n) is 15.5. The fourth-order valence-corrected chi connectivity index (χ4v) is 11.9. The second kappa shape index (κ2) is 30.7. The quantitative estimate of drug-likeness (QED) is 0.0324. The van der Waals surface area contributed by atoms with Gasteiger partial charge in [-0.05, 0) is 19.9 Å². The molecule has 0 aliphatic carbocycles. The van der Waals surface area contributed by atoms with Crippen molar-refractivity contribution in [1.29, 1.82) is 0 Å². The summed E-state index contributed by atoms with van der Waals surface area (Å²) in [6.45, 7) is -4.67. The minimum absolute atomic E-state index is 0.482. The first-order valence-corrected chi connectivity index (χ1v) is 29.1. The van der Waals surface area contributed by atoms with E-state index in [1.165, 1.54) is 13.8 Å². The number of hydrogen-bond acceptors (Lipinski definition) is 32. The number of aliphatic hydroxyl groups is 13. The van der Waals surface area contributed by atoms with Crippen molar-refractivity contribution in [3.05, 3.63) is 11.8 Å². The molecule has 0 aromatic rings. The van der Waals surface area contributed by atoms with Crippen molar-refractivity contribution in [3.8, 4) is 0 Å². The van der Waals surface area contributed by atoms with Gasteiger partial charge >= 0.3 is 32.7 Å². The number of aliphatic carboxylic acids is 2. The fourth-order valence-electron chi connectivity index (χ4n) is 10.9. The average Bonchev–Trinajstić information content (AvgIpc) is 2.82. The van der Waals surface area contributed by atoms with Crippen LogP contribution in [0.5, 0.6) is 0 Å². The van der Waals surface area contributed by atoms with Crippen LogP contribution in [0.25, 0.3) is 0 Å². The van der Waals surface area contributed by atoms with Crippen molar-refractivity contribution in [2.75, 3.05) is 79.3 Å². The van der Waals surface area contributed by atoms with Gasteiger partial charge in [-0.2, -0.15) is 16.8 Å². The highest BCUT2D eigenvalue weighted by molar-refractivity contribution is 7.81. The van der Waals surface area contributed by atoms with Crippen LogP contribution in [0, 0.1) is 29.6 Å². The minimum Gasteiger partial charge on any atom is -0.479 e. The standard InChI is InChI=1S/C46H76O36S2/c1-16-32(50)42(81-83(64,65)66)39(57)30(75-16)14-71-7-19-18(6-70-12-28-37(55)23(49)3-24(77-28)44(59)60)27(78-25(4-47)34(19)52)11-74-10-22-36(54)38(56)29(79-41(22)45(61)62)13-73-9-21-20(35(53)26(5-48)80-46(21)63)8-72-15-31-40(58)43(82-84(67,68)69)33(51)17(2)76-31/h3,16-23,25-43,46-58,63H,4-15H2,1-2H3,(H,59,60)(H,61,62)(H,64,65,66)(H,67,68,69)/t16?,17?,18?,19?,20?,21?,22-,23?,25?,26?,27+,28-,29-,30-,31-,32+,33+,34-,35-,36?,37?,38?,39?,40?,41?,42?,43?,46+/m0/s1. The van der Waals surface area contributed by atoms with Crippen molar-refractivity contribution >= 4 is 32.7 Å². The van der Waals surface area contributed by atoms with Gasteiger partial charge in [0.25, 0.3) is 0 Å². The van der Waals surface area contributed by atoms with Gasteiger partial charge in [-0.25, -0.2) is 18.0 Å². The number of carboxylic acids is 2. The zero-order chi connectivity index (χ0) is 62.3. The summed E-state index contributed by atoms with van der Waals surface area (Å²) in [4.78, 5) is 24.4. The van der Waals surface area contributed by atoms with E-state index in [9.17, 15) is 108 Å². The number of hydrogen-bond donors (Lipinski definition) is 17. The Labute approximate surface area is 479 Å². The summed E-state index contributed by atoms with van der Waals surface area (Å²) in [5.41, 5.74) is 0. The summed E-state index contributed by atoms with van der Waals surface area (Å²) in [6.07, 6.45) is -36.6. The molecule has 0 aromatic heterocycles. The van der Waals surface area contributed by atoms with Gasteiger partial charge in [0, 0.05) is 29.6 Å². The van der Waals surface area contributed by atoms with Crippen molar-refractivity contribution in [2.45, 2.75) is 154 Å². The van der Waals surface area contributed by atoms with Crippen LogP contribution in [0.15, 0.2) is 11.8 Å². The third kappa shape index (κ3) is 17.8. The monoisotopic (exact) mass is 1270 g/mol. The van der Waals surface area contributed by atoms with Gasteiger partial charge in [-0.15, -0.1) is 0 Å². The summed E-state index contributed by atoms with van der Waals surface area (Å²) < 4.78 is 136. The SMILES string of the molecule is CC1O[C@@H](COCC2C(COC[C@@H]3OC(C(=O)O)[C@@H](COC[C@H]4OC(CO)[C@@H](O)C(COC[C@@H]5OC(C)[C@@H](O)C(OS(=O)(=O)O)C5O)C4COC[C@@H]4OC(C(=O)O)=CC(O)C4O)C(O)C3O)[C@H](O)OC(CO)[C@H]2O)C(O)C(OS(=O)(=O)O)[C@@H]1O. The molecule has 36 nitrogen and oxygen atoms in total. The van der Waals surface area contributed by atoms with Gasteiger partial charge in [0.15, 0.2) is 18.5 Å². The number of ether oxygens (including phenoxy) is 11. The molecule has 0 saturated carbocycles. The maximum atomic E-state index is 12.7. The topological polar surface area (TPSA) is 566 Å². The summed E-state index contributed by atoms with van der Waals surface area (Å²) in [5.74, 6) is -10.1. The summed E-state index contributed by atoms with van der Waals surface area (Å²) in [7, 11) is -10.3. The van der Waals surface area contributed by atoms with Crippen molar-refractivity contribution in [3.63, 3.8) is 0 Å². The smallest absolute Gasteiger partial charge is 0.397 e. The Morgan fingerprint density at radius 2 is 0.845 bits per heavy atom. The molecule has 6 rings (SSSR count). The molecule has 0 spiro atoms. The van der Waals surface area contributed by atoms with Crippen LogP contribution in [0.3, 0.4) is 0 Å². The fraction of sp³-hybridized carbons (Fsp3) is 0.913. The minimum atomic E-state index is -5.19. The van der Waals surface area contributed by atoms with E-state index in [1.807, 2.05) is 0 Å². The second-order valence-electron chi connectivity index (χ2n) is 21.2. The maximum absolute atomic E-state index is 12.7. The van der Waals surface area contributed by atoms with E-state index in [0.29, 0.717) is 0 Å². The highest BCUT2D eigenvalue weighted by Crippen LogP contribution is 2.37. The Bertz CT molecular complexity index is 2350. The van der Waals surface area contributed by atoms with E-state index in [1.54, 1.807) is 0 Å². The van der Waals surface area contributed by atoms with E-state index in [0.717, 1.165) is 6.08 Å². The van der Waals surface area contributed by atoms with E-state index < -0.39 is 288 Å². The molecule has 6 heterocycles. The lowest BCUT2D eigenvalue weighted by atomic mass is 9.79. The van der Waals surface area contributed by atoms with Gasteiger partial charge in [-0.1, -0.05) is 0 Å². The van der Waals surface area contributed by atoms with Crippen molar-refractivity contribution < 1.29 is 173 Å². The van der Waals surface area contributed by atoms with E-state index in [-0.39, 0.29) is 0 Å². The van der Waals surface area contributed by atoms with E-state index in [4.69, 9.17) is 56.7 Å². The number of aliphatic hydroxyl groups excluding tert-OH is 13. The molecule has 0 amide bonds. The van der Waals surface area contributed by atoms with Crippen LogP contribution < -0.4 is 0 Å². The van der Waals surface area contributed by atoms with Crippen molar-refractivity contribution in [1.82, 2.24) is 0 Å². The molecule has 5 saturated heterocycles. The molecule has 84 heavy (non-hydrogen) atoms. The lowest BCUT2D eigenvalue weighted by Gasteiger charge is -2.45. The molecule has 0 radical (unpaired) electrons. The lowest BCUT2D eigenvalue weighted by molar-refractivity contribution is -0.275. The van der Waals surface area contributed by atoms with Gasteiger partial charge in [-0.3, -0.25) is 9.11 Å². The predicted molar refractivity (Wildman–Crippen MR) is 264 cm³/mol. The molecule has 17 N–H and O–H groups in total. The molecular weight excluding hydrogens is 1190 g/mol. The molecular formula is C46H76O36S2. The van der Waals surface area contributed by atoms with E-state index in [2.05, 4.69) is 8.37 Å². The van der Waals surface area contributed by atoms with Crippen LogP contribution >= 0.6 is 0 Å². The van der Waals surface area contributed by atoms with Crippen LogP contribution in [0.4, 0.5) is 0 Å². The van der Waals surface area contributed by atoms with Gasteiger partial charge < -0.3 is 129 Å². The molecule has 488 valence electrons. The van der Waals surface area contributed by atoms with Gasteiger partial charge in [0.2, 0.25) is 5.76 Å². The molecule has 5 fully saturated rings. The first kappa shape index (κ1) is 70.4. The number of carboxylic acid groups (broad SMARTS) is 2. The van der Waals surface area contributed by atoms with Crippen LogP contribution in [-0.2, 0) is 90.9 Å². The van der Waals surface area contributed by atoms with Crippen LogP contribution in [0.2, 0.25) is 0 Å². The predicted octanol–water partition coefficient (Wildman–Crippen LogP) is -9.60. The zero-order valence-electron chi connectivity index (χ0n) is 44.9. The Hall–Kier alpha value is -2.70. The van der Waals surface area contributed by atoms with Crippen molar-refractivity contribution in [2.24, 2.45) is 29.6 Å². The highest BCUT2D eigenvalue weighted by atomic mass is 32.3. The summed E-state index contributed by atoms with van der Waals surface area (Å²) in [5, 5.41) is 159. The number of rotatable bonds is 28. The first-order valence-electron chi connectivity index (χ1n) is 26.4. The Morgan fingerprint density at radius 1 is 0.440 bits per heavy atom. The summed E-state index contributed by atoms with van der Waals surface area (Å²) in [6, 6.07) is 0. The van der Waals surface area contributed by atoms with Gasteiger partial charge in [0.1, 0.15) is 85.5 Å². The maximum Gasteiger partial charge on any atom is 0.397 e. The zero-order valence-corrected chi connectivity index (χ0v) is 46.5. The largest absolute Gasteiger partial charge is 0.479 e. The third-order valence-corrected chi connectivity index (χ3v) is 16.5. The lowest BCUT2D eigenvalue weighted by Crippen LogP contribution is -2.60. The molecule has 0 bridgehead atoms. The highest BCUT2D eigenvalue weighted by Gasteiger charge is 2.52. The molecule has 0 aromatic carbocycles. The first-order chi connectivity index (χ1) is 39.4. The molecule has 17 unspecified atom stereocenters. The Kier molecular flexibility index (Phi) is 25.7. The molecule has 6 aliphatic rings. The van der Waals surface area contributed by atoms with E-state index >= 15 is 0 Å². The normalized spacial score (nSPS) is 43.3. The average molecular weight is 1270 g/mol. The Morgan fingerprint density at radius 3 is 1.30 bits per heavy atom. The van der Waals surface area contributed by atoms with Crippen LogP contribution in [0.1, 0.15) is 13.8 Å². The van der Waals surface area contributed by atoms with Crippen LogP contribution in [-0.4, -0.2) is 334 Å². The molecule has 6 aliphatic heterocycles. The second-order valence-corrected chi connectivity index (χ2v) is 23.3. The molecule has 38 heteroatoms. The summed E-state index contributed by atoms with van der Waals surface area (Å²) >= 11 is 0. The van der Waals surface area contributed by atoms with Gasteiger partial charge in [0.05, 0.1) is 116 Å². The molecule has 28 atom stereocenters. The number of carbonyl (C=O) groups is 2.